The standard InChI is InChI=1S/C20H24Cl2FN3O5/c1-20(2,3)31-19(29)25-10-15-24-9-14(30-15)11-4-6-12(7-5-11)16(27)13(8-23)26-18(28)17(21)22/h4-7,9,13,16-17,27H,8,10H2,1-3H3,(H,25,29)(H,26,28)/t13-,16-/m1/s1. The summed E-state index contributed by atoms with van der Waals surface area (Å²) < 4.78 is 24.0. The third kappa shape index (κ3) is 7.68. The van der Waals surface area contributed by atoms with Crippen LogP contribution in [0.15, 0.2) is 34.9 Å². The number of benzene rings is 1. The first-order valence-electron chi connectivity index (χ1n) is 9.34. The molecule has 0 bridgehead atoms. The maximum atomic E-state index is 13.3. The van der Waals surface area contributed by atoms with Crippen LogP contribution in [0.1, 0.15) is 38.3 Å². The van der Waals surface area contributed by atoms with Crippen LogP contribution >= 0.6 is 23.2 Å². The first-order valence-corrected chi connectivity index (χ1v) is 10.2. The Bertz CT molecular complexity index is 884. The highest BCUT2D eigenvalue weighted by molar-refractivity contribution is 6.53. The third-order valence-electron chi connectivity index (χ3n) is 3.95. The third-order valence-corrected chi connectivity index (χ3v) is 4.34. The first kappa shape index (κ1) is 24.9. The van der Waals surface area contributed by atoms with E-state index < -0.39 is 41.3 Å². The maximum absolute atomic E-state index is 13.3. The lowest BCUT2D eigenvalue weighted by atomic mass is 10.0. The number of oxazole rings is 1. The van der Waals surface area contributed by atoms with Crippen molar-refractivity contribution in [2.75, 3.05) is 6.67 Å². The van der Waals surface area contributed by atoms with Crippen molar-refractivity contribution in [2.45, 2.75) is 49.9 Å². The number of hydrogen-bond donors (Lipinski definition) is 3. The van der Waals surface area contributed by atoms with Crippen LogP contribution in [0.25, 0.3) is 11.3 Å². The van der Waals surface area contributed by atoms with E-state index in [-0.39, 0.29) is 12.4 Å². The molecule has 1 aromatic heterocycles. The van der Waals surface area contributed by atoms with Gasteiger partial charge in [0.2, 0.25) is 5.89 Å². The van der Waals surface area contributed by atoms with Crippen LogP contribution in [-0.2, 0) is 16.1 Å². The molecule has 0 fully saturated rings. The molecule has 0 aliphatic rings. The lowest BCUT2D eigenvalue weighted by molar-refractivity contribution is -0.121. The Labute approximate surface area is 189 Å². The fourth-order valence-corrected chi connectivity index (χ4v) is 2.64. The molecule has 0 radical (unpaired) electrons. The number of nitrogens with zero attached hydrogens (tertiary/aromatic N) is 1. The number of amides is 2. The summed E-state index contributed by atoms with van der Waals surface area (Å²) in [6.07, 6.45) is -0.406. The van der Waals surface area contributed by atoms with E-state index in [1.807, 2.05) is 0 Å². The Morgan fingerprint density at radius 1 is 1.26 bits per heavy atom. The smallest absolute Gasteiger partial charge is 0.408 e. The zero-order valence-electron chi connectivity index (χ0n) is 17.2. The molecule has 2 atom stereocenters. The molecule has 2 amide bonds. The molecule has 0 aliphatic heterocycles. The largest absolute Gasteiger partial charge is 0.444 e. The van der Waals surface area contributed by atoms with E-state index in [1.54, 1.807) is 45.0 Å². The van der Waals surface area contributed by atoms with E-state index in [4.69, 9.17) is 32.4 Å². The highest BCUT2D eigenvalue weighted by Crippen LogP contribution is 2.24. The molecule has 8 nitrogen and oxygen atoms in total. The number of ether oxygens (including phenoxy) is 1. The van der Waals surface area contributed by atoms with Gasteiger partial charge in [-0.2, -0.15) is 0 Å². The number of aliphatic hydroxyl groups excluding tert-OH is 1. The van der Waals surface area contributed by atoms with Crippen molar-refractivity contribution in [3.05, 3.63) is 41.9 Å². The van der Waals surface area contributed by atoms with Crippen LogP contribution in [0.3, 0.4) is 0 Å². The molecule has 0 aliphatic carbocycles. The van der Waals surface area contributed by atoms with Gasteiger partial charge in [0.1, 0.15) is 18.4 Å². The van der Waals surface area contributed by atoms with Crippen LogP contribution in [0.2, 0.25) is 0 Å². The van der Waals surface area contributed by atoms with Gasteiger partial charge in [0.25, 0.3) is 5.91 Å². The van der Waals surface area contributed by atoms with Crippen molar-refractivity contribution in [2.24, 2.45) is 0 Å². The second-order valence-corrected chi connectivity index (χ2v) is 8.71. The predicted octanol–water partition coefficient (Wildman–Crippen LogP) is 3.66. The summed E-state index contributed by atoms with van der Waals surface area (Å²) in [5.41, 5.74) is 0.408. The zero-order valence-corrected chi connectivity index (χ0v) is 18.7. The van der Waals surface area contributed by atoms with Crippen LogP contribution in [0.4, 0.5) is 9.18 Å². The molecule has 31 heavy (non-hydrogen) atoms. The van der Waals surface area contributed by atoms with Crippen molar-refractivity contribution in [1.82, 2.24) is 15.6 Å². The molecular weight excluding hydrogens is 452 g/mol. The minimum atomic E-state index is -1.37. The Kier molecular flexibility index (Phi) is 8.67. The summed E-state index contributed by atoms with van der Waals surface area (Å²) >= 11 is 10.9. The molecule has 0 unspecified atom stereocenters. The highest BCUT2D eigenvalue weighted by atomic mass is 35.5. The predicted molar refractivity (Wildman–Crippen MR) is 113 cm³/mol. The second-order valence-electron chi connectivity index (χ2n) is 7.61. The average molecular weight is 476 g/mol. The SMILES string of the molecule is CC(C)(C)OC(=O)NCc1ncc(-c2ccc([C@@H](O)[C@@H](CF)NC(=O)C(Cl)Cl)cc2)o1. The number of carbonyl (C=O) groups is 2. The van der Waals surface area contributed by atoms with Crippen LogP contribution < -0.4 is 10.6 Å². The molecule has 1 heterocycles. The summed E-state index contributed by atoms with van der Waals surface area (Å²) in [4.78, 5) is 26.0. The van der Waals surface area contributed by atoms with Gasteiger partial charge in [-0.3, -0.25) is 4.79 Å². The van der Waals surface area contributed by atoms with Crippen molar-refractivity contribution >= 4 is 35.2 Å². The lowest BCUT2D eigenvalue weighted by Gasteiger charge is -2.22. The lowest BCUT2D eigenvalue weighted by Crippen LogP contribution is -2.43. The van der Waals surface area contributed by atoms with Gasteiger partial charge >= 0.3 is 6.09 Å². The fourth-order valence-electron chi connectivity index (χ4n) is 2.51. The van der Waals surface area contributed by atoms with Gasteiger partial charge in [-0.15, -0.1) is 0 Å². The molecule has 0 saturated carbocycles. The number of halogens is 3. The molecule has 11 heteroatoms. The summed E-state index contributed by atoms with van der Waals surface area (Å²) in [5, 5.41) is 15.1. The average Bonchev–Trinajstić information content (AvgIpc) is 3.17. The van der Waals surface area contributed by atoms with E-state index in [0.717, 1.165) is 0 Å². The van der Waals surface area contributed by atoms with E-state index in [0.29, 0.717) is 16.9 Å². The normalized spacial score (nSPS) is 13.5. The number of alkyl halides is 3. The molecule has 0 spiro atoms. The number of aromatic nitrogens is 1. The van der Waals surface area contributed by atoms with Crippen molar-refractivity contribution < 1.29 is 28.2 Å². The number of carbonyl (C=O) groups excluding carboxylic acids is 2. The Morgan fingerprint density at radius 3 is 2.45 bits per heavy atom. The fraction of sp³-hybridized carbons (Fsp3) is 0.450. The van der Waals surface area contributed by atoms with Gasteiger partial charge in [0, 0.05) is 5.56 Å². The summed E-state index contributed by atoms with van der Waals surface area (Å²) in [5.74, 6) is -0.0813. The highest BCUT2D eigenvalue weighted by Gasteiger charge is 2.25. The van der Waals surface area contributed by atoms with Gasteiger partial charge in [-0.25, -0.2) is 14.2 Å². The number of hydrogen-bond acceptors (Lipinski definition) is 6. The Morgan fingerprint density at radius 2 is 1.90 bits per heavy atom. The van der Waals surface area contributed by atoms with E-state index in [9.17, 15) is 19.1 Å². The van der Waals surface area contributed by atoms with Gasteiger partial charge < -0.3 is 24.9 Å². The van der Waals surface area contributed by atoms with Crippen LogP contribution in [0.5, 0.6) is 0 Å². The molecule has 0 saturated heterocycles. The van der Waals surface area contributed by atoms with E-state index in [2.05, 4.69) is 15.6 Å². The Hall–Kier alpha value is -2.36. The molecule has 2 aromatic rings. The summed E-state index contributed by atoms with van der Waals surface area (Å²) in [6, 6.07) is 5.22. The number of alkyl carbamates (subject to hydrolysis) is 1. The number of nitrogens with one attached hydrogen (secondary N) is 2. The topological polar surface area (TPSA) is 114 Å². The number of rotatable bonds is 8. The van der Waals surface area contributed by atoms with E-state index in [1.165, 1.54) is 6.20 Å². The number of aliphatic hydroxyl groups is 1. The summed E-state index contributed by atoms with van der Waals surface area (Å²) in [7, 11) is 0. The zero-order chi connectivity index (χ0) is 23.2. The minimum Gasteiger partial charge on any atom is -0.444 e. The summed E-state index contributed by atoms with van der Waals surface area (Å²) in [6.45, 7) is 4.31. The first-order chi connectivity index (χ1) is 14.5. The molecule has 3 N–H and O–H groups in total. The van der Waals surface area contributed by atoms with Gasteiger partial charge in [-0.05, 0) is 26.3 Å². The maximum Gasteiger partial charge on any atom is 0.408 e. The van der Waals surface area contributed by atoms with Crippen molar-refractivity contribution in [1.29, 1.82) is 0 Å². The molecule has 2 rings (SSSR count). The molecule has 170 valence electrons. The molecule has 1 aromatic carbocycles. The van der Waals surface area contributed by atoms with Crippen LogP contribution in [-0.4, -0.2) is 45.2 Å². The van der Waals surface area contributed by atoms with Crippen molar-refractivity contribution in [3.8, 4) is 11.3 Å². The second kappa shape index (κ2) is 10.8. The Balaban J connectivity index is 2.00. The van der Waals surface area contributed by atoms with E-state index >= 15 is 0 Å². The van der Waals surface area contributed by atoms with Gasteiger partial charge in [0.15, 0.2) is 10.6 Å². The van der Waals surface area contributed by atoms with Gasteiger partial charge in [0.05, 0.1) is 18.8 Å². The van der Waals surface area contributed by atoms with Crippen molar-refractivity contribution in [3.63, 3.8) is 0 Å². The quantitative estimate of drug-likeness (QED) is 0.502. The monoisotopic (exact) mass is 475 g/mol. The van der Waals surface area contributed by atoms with Crippen LogP contribution in [0, 0.1) is 0 Å². The van der Waals surface area contributed by atoms with Gasteiger partial charge in [-0.1, -0.05) is 47.5 Å². The molecular formula is C20H24Cl2FN3O5. The minimum absolute atomic E-state index is 0.0473.